The first-order chi connectivity index (χ1) is 15.1. The average Bonchev–Trinajstić information content (AvgIpc) is 3.48. The molecule has 1 aliphatic rings. The number of rotatable bonds is 11. The summed E-state index contributed by atoms with van der Waals surface area (Å²) in [5.74, 6) is 2.57. The Labute approximate surface area is 187 Å². The Hall–Kier alpha value is -2.45. The van der Waals surface area contributed by atoms with E-state index in [4.69, 9.17) is 35.1 Å². The van der Waals surface area contributed by atoms with Crippen molar-refractivity contribution < 1.29 is 28.3 Å². The van der Waals surface area contributed by atoms with Gasteiger partial charge in [-0.15, -0.1) is 11.6 Å². The second kappa shape index (κ2) is 11.2. The van der Waals surface area contributed by atoms with Gasteiger partial charge in [0.05, 0.1) is 34.0 Å². The highest BCUT2D eigenvalue weighted by Crippen LogP contribution is 2.41. The molecule has 8 nitrogen and oxygen atoms in total. The van der Waals surface area contributed by atoms with Crippen LogP contribution in [0, 0.1) is 0 Å². The zero-order valence-electron chi connectivity index (χ0n) is 18.2. The summed E-state index contributed by atoms with van der Waals surface area (Å²) in [7, 11) is 4.67. The van der Waals surface area contributed by atoms with E-state index in [1.165, 1.54) is 0 Å². The molecule has 170 valence electrons. The van der Waals surface area contributed by atoms with Crippen molar-refractivity contribution in [2.24, 2.45) is 0 Å². The smallest absolute Gasteiger partial charge is 0.223 e. The summed E-state index contributed by atoms with van der Waals surface area (Å²) in [4.78, 5) is 14.5. The van der Waals surface area contributed by atoms with E-state index in [1.54, 1.807) is 38.4 Å². The summed E-state index contributed by atoms with van der Waals surface area (Å²) >= 11 is 5.77. The average molecular weight is 453 g/mol. The van der Waals surface area contributed by atoms with Gasteiger partial charge in [-0.05, 0) is 31.4 Å². The molecule has 1 aliphatic heterocycles. The number of benzene rings is 1. The van der Waals surface area contributed by atoms with E-state index >= 15 is 0 Å². The van der Waals surface area contributed by atoms with Gasteiger partial charge in [0.2, 0.25) is 11.7 Å². The van der Waals surface area contributed by atoms with Crippen molar-refractivity contribution in [3.8, 4) is 28.6 Å². The molecule has 9 heteroatoms. The molecular weight excluding hydrogens is 424 g/mol. The highest BCUT2D eigenvalue weighted by atomic mass is 35.5. The van der Waals surface area contributed by atoms with E-state index < -0.39 is 0 Å². The number of hydrogen-bond acceptors (Lipinski definition) is 7. The van der Waals surface area contributed by atoms with E-state index in [9.17, 15) is 4.79 Å². The third kappa shape index (κ3) is 5.83. The first-order valence-corrected chi connectivity index (χ1v) is 10.8. The van der Waals surface area contributed by atoms with Gasteiger partial charge in [0.15, 0.2) is 17.3 Å². The molecule has 1 aromatic carbocycles. The predicted octanol–water partition coefficient (Wildman–Crippen LogP) is 3.89. The minimum Gasteiger partial charge on any atom is -0.493 e. The number of aromatic nitrogens is 1. The van der Waals surface area contributed by atoms with Gasteiger partial charge in [-0.1, -0.05) is 5.16 Å². The first kappa shape index (κ1) is 23.2. The fraction of sp³-hybridized carbons (Fsp3) is 0.545. The van der Waals surface area contributed by atoms with Crippen molar-refractivity contribution in [1.29, 1.82) is 0 Å². The maximum atomic E-state index is 12.7. The van der Waals surface area contributed by atoms with Crippen LogP contribution in [0.25, 0.3) is 11.3 Å². The van der Waals surface area contributed by atoms with Crippen molar-refractivity contribution in [1.82, 2.24) is 10.1 Å². The third-order valence-corrected chi connectivity index (χ3v) is 5.45. The monoisotopic (exact) mass is 452 g/mol. The van der Waals surface area contributed by atoms with Gasteiger partial charge in [-0.3, -0.25) is 4.79 Å². The number of carbonyl (C=O) groups is 1. The minimum atomic E-state index is 0.0356. The molecule has 0 bridgehead atoms. The molecule has 2 heterocycles. The summed E-state index contributed by atoms with van der Waals surface area (Å²) in [5.41, 5.74) is 1.38. The van der Waals surface area contributed by atoms with Crippen LogP contribution in [-0.4, -0.2) is 62.4 Å². The van der Waals surface area contributed by atoms with Gasteiger partial charge in [-0.2, -0.15) is 0 Å². The van der Waals surface area contributed by atoms with E-state index in [1.807, 2.05) is 6.07 Å². The van der Waals surface area contributed by atoms with E-state index in [0.717, 1.165) is 25.0 Å². The largest absolute Gasteiger partial charge is 0.493 e. The van der Waals surface area contributed by atoms with Crippen LogP contribution in [0.5, 0.6) is 17.2 Å². The normalized spacial score (nSPS) is 15.7. The molecule has 0 N–H and O–H groups in total. The molecule has 1 amide bonds. The van der Waals surface area contributed by atoms with Gasteiger partial charge in [-0.25, -0.2) is 0 Å². The molecule has 3 rings (SSSR count). The molecule has 2 aromatic rings. The molecule has 1 aromatic heterocycles. The lowest BCUT2D eigenvalue weighted by atomic mass is 10.1. The molecule has 1 atom stereocenters. The van der Waals surface area contributed by atoms with Gasteiger partial charge < -0.3 is 28.4 Å². The quantitative estimate of drug-likeness (QED) is 0.478. The molecule has 0 aliphatic carbocycles. The van der Waals surface area contributed by atoms with Gasteiger partial charge in [0, 0.05) is 37.1 Å². The van der Waals surface area contributed by atoms with E-state index in [2.05, 4.69) is 5.16 Å². The van der Waals surface area contributed by atoms with Crippen LogP contribution in [0.1, 0.15) is 31.4 Å². The number of nitrogens with zero attached hydrogens (tertiary/aromatic N) is 2. The van der Waals surface area contributed by atoms with Crippen LogP contribution in [0.4, 0.5) is 0 Å². The van der Waals surface area contributed by atoms with Gasteiger partial charge in [0.1, 0.15) is 5.69 Å². The lowest BCUT2D eigenvalue weighted by Crippen LogP contribution is -2.37. The summed E-state index contributed by atoms with van der Waals surface area (Å²) < 4.78 is 27.5. The second-order valence-electron chi connectivity index (χ2n) is 7.30. The summed E-state index contributed by atoms with van der Waals surface area (Å²) in [6, 6.07) is 5.40. The van der Waals surface area contributed by atoms with E-state index in [0.29, 0.717) is 60.5 Å². The fourth-order valence-electron chi connectivity index (χ4n) is 3.61. The van der Waals surface area contributed by atoms with Crippen molar-refractivity contribution in [3.63, 3.8) is 0 Å². The molecule has 1 saturated heterocycles. The van der Waals surface area contributed by atoms with Crippen LogP contribution in [0.2, 0.25) is 0 Å². The summed E-state index contributed by atoms with van der Waals surface area (Å²) in [6.45, 7) is 1.62. The minimum absolute atomic E-state index is 0.0356. The Kier molecular flexibility index (Phi) is 8.43. The number of ether oxygens (including phenoxy) is 4. The Morgan fingerprint density at radius 3 is 2.52 bits per heavy atom. The second-order valence-corrected chi connectivity index (χ2v) is 7.68. The van der Waals surface area contributed by atoms with Crippen molar-refractivity contribution in [3.05, 3.63) is 23.9 Å². The maximum Gasteiger partial charge on any atom is 0.223 e. The number of amides is 1. The van der Waals surface area contributed by atoms with Crippen LogP contribution in [-0.2, 0) is 16.1 Å². The fourth-order valence-corrected chi connectivity index (χ4v) is 3.74. The lowest BCUT2D eigenvalue weighted by molar-refractivity contribution is -0.133. The lowest BCUT2D eigenvalue weighted by Gasteiger charge is -2.24. The first-order valence-electron chi connectivity index (χ1n) is 10.3. The summed E-state index contributed by atoms with van der Waals surface area (Å²) in [5, 5.41) is 4.17. The number of hydrogen-bond donors (Lipinski definition) is 0. The van der Waals surface area contributed by atoms with Crippen LogP contribution in [0.3, 0.4) is 0 Å². The Morgan fingerprint density at radius 2 is 1.94 bits per heavy atom. The highest BCUT2D eigenvalue weighted by Gasteiger charge is 2.24. The Morgan fingerprint density at radius 1 is 1.19 bits per heavy atom. The molecule has 0 unspecified atom stereocenters. The van der Waals surface area contributed by atoms with Crippen LogP contribution < -0.4 is 14.2 Å². The summed E-state index contributed by atoms with van der Waals surface area (Å²) in [6.07, 6.45) is 3.06. The molecular formula is C22H29ClN2O6. The standard InChI is InChI=1S/C22H29ClN2O6/c1-27-19-10-15(11-20(28-2)22(19)29-3)18-12-16(24-31-18)13-25(21(26)7-4-8-23)14-17-6-5-9-30-17/h10-12,17H,4-9,13-14H2,1-3H3/t17-/m0/s1. The van der Waals surface area contributed by atoms with Crippen molar-refractivity contribution in [2.75, 3.05) is 40.4 Å². The number of halogens is 1. The van der Waals surface area contributed by atoms with E-state index in [-0.39, 0.29) is 12.0 Å². The van der Waals surface area contributed by atoms with Crippen LogP contribution in [0.15, 0.2) is 22.7 Å². The molecule has 31 heavy (non-hydrogen) atoms. The van der Waals surface area contributed by atoms with Crippen molar-refractivity contribution >= 4 is 17.5 Å². The number of methoxy groups -OCH3 is 3. The van der Waals surface area contributed by atoms with Crippen molar-refractivity contribution in [2.45, 2.75) is 38.3 Å². The molecule has 0 spiro atoms. The molecule has 1 fully saturated rings. The van der Waals surface area contributed by atoms with Gasteiger partial charge >= 0.3 is 0 Å². The topological polar surface area (TPSA) is 83.3 Å². The zero-order chi connectivity index (χ0) is 22.2. The molecule has 0 saturated carbocycles. The maximum absolute atomic E-state index is 12.7. The number of alkyl halides is 1. The zero-order valence-corrected chi connectivity index (χ0v) is 18.9. The predicted molar refractivity (Wildman–Crippen MR) is 116 cm³/mol. The Balaban J connectivity index is 1.79. The highest BCUT2D eigenvalue weighted by molar-refractivity contribution is 6.17. The number of carbonyl (C=O) groups excluding carboxylic acids is 1. The van der Waals surface area contributed by atoms with Gasteiger partial charge in [0.25, 0.3) is 0 Å². The Bertz CT molecular complexity index is 840. The SMILES string of the molecule is COc1cc(-c2cc(CN(C[C@@H]3CCCO3)C(=O)CCCCl)no2)cc(OC)c1OC. The van der Waals surface area contributed by atoms with Crippen LogP contribution >= 0.6 is 11.6 Å². The third-order valence-electron chi connectivity index (χ3n) is 5.19. The molecule has 0 radical (unpaired) electrons.